The molecular formula is C19H24ClN5O2. The number of benzene rings is 1. The average molecular weight is 390 g/mol. The molecule has 1 aliphatic heterocycles. The average Bonchev–Trinajstić information content (AvgIpc) is 2.68. The Morgan fingerprint density at radius 3 is 2.63 bits per heavy atom. The van der Waals surface area contributed by atoms with Gasteiger partial charge in [0, 0.05) is 56.2 Å². The minimum atomic E-state index is -0.212. The number of methoxy groups -OCH3 is 1. The van der Waals surface area contributed by atoms with Gasteiger partial charge in [-0.2, -0.15) is 0 Å². The van der Waals surface area contributed by atoms with Gasteiger partial charge in [0.1, 0.15) is 5.69 Å². The summed E-state index contributed by atoms with van der Waals surface area (Å²) in [5, 5.41) is 3.53. The molecule has 1 saturated heterocycles. The van der Waals surface area contributed by atoms with Gasteiger partial charge in [-0.15, -0.1) is 0 Å². The molecular weight excluding hydrogens is 366 g/mol. The maximum absolute atomic E-state index is 12.3. The quantitative estimate of drug-likeness (QED) is 0.763. The maximum Gasteiger partial charge on any atom is 0.270 e. The number of carbonyl (C=O) groups is 1. The molecule has 1 N–H and O–H groups in total. The molecule has 0 radical (unpaired) electrons. The van der Waals surface area contributed by atoms with E-state index in [4.69, 9.17) is 16.3 Å². The number of hydrogen-bond acceptors (Lipinski definition) is 6. The van der Waals surface area contributed by atoms with Crippen LogP contribution in [-0.4, -0.2) is 62.3 Å². The van der Waals surface area contributed by atoms with Crippen molar-refractivity contribution in [2.24, 2.45) is 0 Å². The number of hydrogen-bond donors (Lipinski definition) is 1. The van der Waals surface area contributed by atoms with E-state index in [2.05, 4.69) is 31.2 Å². The van der Waals surface area contributed by atoms with Gasteiger partial charge in [0.25, 0.3) is 5.91 Å². The summed E-state index contributed by atoms with van der Waals surface area (Å²) in [5.41, 5.74) is 2.27. The van der Waals surface area contributed by atoms with Crippen LogP contribution >= 0.6 is 11.6 Å². The largest absolute Gasteiger partial charge is 0.383 e. The molecule has 2 aromatic rings. The van der Waals surface area contributed by atoms with E-state index >= 15 is 0 Å². The van der Waals surface area contributed by atoms with Crippen LogP contribution in [0.5, 0.6) is 0 Å². The fraction of sp³-hybridized carbons (Fsp3) is 0.421. The lowest BCUT2D eigenvalue weighted by Gasteiger charge is -2.36. The van der Waals surface area contributed by atoms with Gasteiger partial charge < -0.3 is 19.9 Å². The summed E-state index contributed by atoms with van der Waals surface area (Å²) in [6.07, 6.45) is 0. The van der Waals surface area contributed by atoms with Crippen molar-refractivity contribution < 1.29 is 9.53 Å². The number of rotatable bonds is 6. The first-order chi connectivity index (χ1) is 13.1. The molecule has 0 bridgehead atoms. The van der Waals surface area contributed by atoms with E-state index in [0.29, 0.717) is 24.8 Å². The Kier molecular flexibility index (Phi) is 6.47. The van der Waals surface area contributed by atoms with Gasteiger partial charge >= 0.3 is 0 Å². The van der Waals surface area contributed by atoms with E-state index in [0.717, 1.165) is 42.6 Å². The molecule has 1 fully saturated rings. The van der Waals surface area contributed by atoms with E-state index in [1.54, 1.807) is 13.2 Å². The fourth-order valence-corrected chi connectivity index (χ4v) is 3.19. The smallest absolute Gasteiger partial charge is 0.270 e. The van der Waals surface area contributed by atoms with Gasteiger partial charge in [0.05, 0.1) is 6.61 Å². The van der Waals surface area contributed by atoms with E-state index in [1.807, 2.05) is 25.1 Å². The number of carbonyl (C=O) groups excluding carboxylic acids is 1. The van der Waals surface area contributed by atoms with E-state index in [1.165, 1.54) is 0 Å². The summed E-state index contributed by atoms with van der Waals surface area (Å²) in [4.78, 5) is 25.7. The van der Waals surface area contributed by atoms with Crippen LogP contribution in [0.1, 0.15) is 16.2 Å². The molecule has 0 aliphatic carbocycles. The molecule has 0 saturated carbocycles. The SMILES string of the molecule is COCCNC(=O)c1cc(C)nc(N2CCN(c3cccc(Cl)c3)CC2)n1. The molecule has 0 unspecified atom stereocenters. The summed E-state index contributed by atoms with van der Waals surface area (Å²) in [6.45, 7) is 6.03. The highest BCUT2D eigenvalue weighted by Crippen LogP contribution is 2.22. The molecule has 3 rings (SSSR count). The highest BCUT2D eigenvalue weighted by molar-refractivity contribution is 6.30. The summed E-state index contributed by atoms with van der Waals surface area (Å²) < 4.78 is 4.96. The number of piperazine rings is 1. The predicted octanol–water partition coefficient (Wildman–Crippen LogP) is 2.14. The standard InChI is InChI=1S/C19H24ClN5O2/c1-14-12-17(18(26)21-6-11-27-2)23-19(22-14)25-9-7-24(8-10-25)16-5-3-4-15(20)13-16/h3-5,12-13H,6-11H2,1-2H3,(H,21,26). The van der Waals surface area contributed by atoms with E-state index < -0.39 is 0 Å². The summed E-state index contributed by atoms with van der Waals surface area (Å²) in [5.74, 6) is 0.383. The van der Waals surface area contributed by atoms with E-state index in [-0.39, 0.29) is 5.91 Å². The zero-order chi connectivity index (χ0) is 19.2. The van der Waals surface area contributed by atoms with Crippen molar-refractivity contribution in [1.29, 1.82) is 0 Å². The van der Waals surface area contributed by atoms with Crippen molar-refractivity contribution in [3.05, 3.63) is 46.7 Å². The number of nitrogens with one attached hydrogen (secondary N) is 1. The Morgan fingerprint density at radius 1 is 1.19 bits per heavy atom. The molecule has 1 aliphatic rings. The normalized spacial score (nSPS) is 14.3. The van der Waals surface area contributed by atoms with Gasteiger partial charge in [-0.25, -0.2) is 9.97 Å². The number of anilines is 2. The number of halogens is 1. The molecule has 1 aromatic heterocycles. The lowest BCUT2D eigenvalue weighted by Crippen LogP contribution is -2.47. The van der Waals surface area contributed by atoms with Crippen LogP contribution in [0.15, 0.2) is 30.3 Å². The first-order valence-electron chi connectivity index (χ1n) is 8.95. The lowest BCUT2D eigenvalue weighted by molar-refractivity contribution is 0.0932. The Bertz CT molecular complexity index is 793. The first-order valence-corrected chi connectivity index (χ1v) is 9.33. The second-order valence-corrected chi connectivity index (χ2v) is 6.83. The second-order valence-electron chi connectivity index (χ2n) is 6.40. The third-order valence-electron chi connectivity index (χ3n) is 4.40. The Hall–Kier alpha value is -2.38. The number of aromatic nitrogens is 2. The Balaban J connectivity index is 1.66. The Morgan fingerprint density at radius 2 is 1.93 bits per heavy atom. The summed E-state index contributed by atoms with van der Waals surface area (Å²) >= 11 is 6.10. The van der Waals surface area contributed by atoms with Crippen molar-refractivity contribution in [3.63, 3.8) is 0 Å². The molecule has 1 aromatic carbocycles. The number of aryl methyl sites for hydroxylation is 1. The minimum Gasteiger partial charge on any atom is -0.383 e. The van der Waals surface area contributed by atoms with Gasteiger partial charge in [0.15, 0.2) is 0 Å². The lowest BCUT2D eigenvalue weighted by atomic mass is 10.2. The number of amides is 1. The van der Waals surface area contributed by atoms with E-state index in [9.17, 15) is 4.79 Å². The van der Waals surface area contributed by atoms with Crippen LogP contribution < -0.4 is 15.1 Å². The monoisotopic (exact) mass is 389 g/mol. The highest BCUT2D eigenvalue weighted by atomic mass is 35.5. The van der Waals surface area contributed by atoms with Crippen LogP contribution in [0.4, 0.5) is 11.6 Å². The van der Waals surface area contributed by atoms with Crippen molar-refractivity contribution in [3.8, 4) is 0 Å². The van der Waals surface area contributed by atoms with Crippen LogP contribution in [0, 0.1) is 6.92 Å². The number of ether oxygens (including phenoxy) is 1. The zero-order valence-corrected chi connectivity index (χ0v) is 16.4. The Labute approximate surface area is 164 Å². The van der Waals surface area contributed by atoms with Crippen molar-refractivity contribution in [2.45, 2.75) is 6.92 Å². The van der Waals surface area contributed by atoms with Crippen molar-refractivity contribution in [2.75, 3.05) is 56.2 Å². The molecule has 2 heterocycles. The second kappa shape index (κ2) is 9.01. The van der Waals surface area contributed by atoms with Gasteiger partial charge in [-0.3, -0.25) is 4.79 Å². The summed E-state index contributed by atoms with van der Waals surface area (Å²) in [6, 6.07) is 9.58. The van der Waals surface area contributed by atoms with Gasteiger partial charge in [0.2, 0.25) is 5.95 Å². The maximum atomic E-state index is 12.3. The zero-order valence-electron chi connectivity index (χ0n) is 15.6. The third kappa shape index (κ3) is 5.08. The molecule has 7 nitrogen and oxygen atoms in total. The van der Waals surface area contributed by atoms with Gasteiger partial charge in [-0.05, 0) is 31.2 Å². The molecule has 1 amide bonds. The highest BCUT2D eigenvalue weighted by Gasteiger charge is 2.21. The minimum absolute atomic E-state index is 0.212. The number of nitrogens with zero attached hydrogens (tertiary/aromatic N) is 4. The predicted molar refractivity (Wildman–Crippen MR) is 107 cm³/mol. The molecule has 144 valence electrons. The van der Waals surface area contributed by atoms with Crippen molar-refractivity contribution in [1.82, 2.24) is 15.3 Å². The van der Waals surface area contributed by atoms with Crippen molar-refractivity contribution >= 4 is 29.1 Å². The third-order valence-corrected chi connectivity index (χ3v) is 4.64. The molecule has 8 heteroatoms. The van der Waals surface area contributed by atoms with Crippen LogP contribution in [0.2, 0.25) is 5.02 Å². The fourth-order valence-electron chi connectivity index (χ4n) is 3.01. The topological polar surface area (TPSA) is 70.6 Å². The van der Waals surface area contributed by atoms with Crippen LogP contribution in [0.25, 0.3) is 0 Å². The van der Waals surface area contributed by atoms with Crippen LogP contribution in [-0.2, 0) is 4.74 Å². The molecule has 0 spiro atoms. The molecule has 27 heavy (non-hydrogen) atoms. The van der Waals surface area contributed by atoms with Gasteiger partial charge in [-0.1, -0.05) is 17.7 Å². The van der Waals surface area contributed by atoms with Crippen LogP contribution in [0.3, 0.4) is 0 Å². The summed E-state index contributed by atoms with van der Waals surface area (Å²) in [7, 11) is 1.60. The molecule has 0 atom stereocenters. The first kappa shape index (κ1) is 19.4.